The fraction of sp³-hybridized carbons (Fsp3) is 0.241. The Bertz CT molecular complexity index is 1360. The topological polar surface area (TPSA) is 100 Å². The lowest BCUT2D eigenvalue weighted by Gasteiger charge is -2.20. The van der Waals surface area contributed by atoms with Gasteiger partial charge in [-0.05, 0) is 74.6 Å². The number of amides is 1. The summed E-state index contributed by atoms with van der Waals surface area (Å²) in [4.78, 5) is 31.1. The van der Waals surface area contributed by atoms with E-state index in [1.54, 1.807) is 24.7 Å². The Hall–Kier alpha value is -4.14. The number of nitrogens with zero attached hydrogens (tertiary/aromatic N) is 5. The Kier molecular flexibility index (Phi) is 7.49. The molecule has 3 heterocycles. The zero-order chi connectivity index (χ0) is 25.6. The zero-order valence-corrected chi connectivity index (χ0v) is 21.0. The van der Waals surface area contributed by atoms with E-state index in [0.717, 1.165) is 44.0 Å². The van der Waals surface area contributed by atoms with Crippen molar-refractivity contribution in [1.82, 2.24) is 24.8 Å². The number of nitrogen functional groups attached to an aromatic ring is 1. The lowest BCUT2D eigenvalue weighted by atomic mass is 10.1. The molecule has 2 aromatic carbocycles. The molecule has 2 aromatic heterocycles. The number of aromatic nitrogens is 3. The van der Waals surface area contributed by atoms with Crippen molar-refractivity contribution in [3.05, 3.63) is 90.4 Å². The van der Waals surface area contributed by atoms with Gasteiger partial charge in [-0.1, -0.05) is 18.2 Å². The first-order chi connectivity index (χ1) is 18.1. The van der Waals surface area contributed by atoms with Gasteiger partial charge in [0.05, 0.1) is 17.1 Å². The van der Waals surface area contributed by atoms with Crippen LogP contribution in [0.25, 0.3) is 22.6 Å². The van der Waals surface area contributed by atoms with Crippen molar-refractivity contribution in [1.29, 1.82) is 0 Å². The molecule has 8 heteroatoms. The van der Waals surface area contributed by atoms with E-state index in [1.165, 1.54) is 12.0 Å². The summed E-state index contributed by atoms with van der Waals surface area (Å²) in [6.07, 6.45) is 6.35. The van der Waals surface area contributed by atoms with Crippen molar-refractivity contribution >= 4 is 17.3 Å². The first-order valence-corrected chi connectivity index (χ1v) is 12.5. The summed E-state index contributed by atoms with van der Waals surface area (Å²) in [7, 11) is 2.17. The van der Waals surface area contributed by atoms with Gasteiger partial charge in [0.15, 0.2) is 5.82 Å². The maximum Gasteiger partial charge on any atom is 0.255 e. The van der Waals surface area contributed by atoms with Crippen LogP contribution in [-0.2, 0) is 6.54 Å². The molecule has 1 aliphatic rings. The van der Waals surface area contributed by atoms with Crippen LogP contribution in [0, 0.1) is 0 Å². The van der Waals surface area contributed by atoms with Crippen LogP contribution in [0.2, 0.25) is 0 Å². The second-order valence-corrected chi connectivity index (χ2v) is 9.36. The zero-order valence-electron chi connectivity index (χ0n) is 21.0. The Morgan fingerprint density at radius 3 is 2.65 bits per heavy atom. The number of hydrogen-bond acceptors (Lipinski definition) is 7. The van der Waals surface area contributed by atoms with Crippen molar-refractivity contribution < 1.29 is 4.79 Å². The lowest BCUT2D eigenvalue weighted by Crippen LogP contribution is -2.28. The fourth-order valence-corrected chi connectivity index (χ4v) is 4.51. The van der Waals surface area contributed by atoms with E-state index in [0.29, 0.717) is 28.3 Å². The van der Waals surface area contributed by atoms with Gasteiger partial charge < -0.3 is 16.0 Å². The molecule has 4 aromatic rings. The highest BCUT2D eigenvalue weighted by molar-refractivity contribution is 6.06. The van der Waals surface area contributed by atoms with Gasteiger partial charge in [0.1, 0.15) is 0 Å². The Balaban J connectivity index is 1.29. The molecule has 1 saturated heterocycles. The molecule has 0 spiro atoms. The number of likely N-dealkylation sites (N-methyl/N-ethyl adjacent to an activating group) is 1. The summed E-state index contributed by atoms with van der Waals surface area (Å²) in [6, 6.07) is 18.9. The average Bonchev–Trinajstić information content (AvgIpc) is 3.14. The van der Waals surface area contributed by atoms with Gasteiger partial charge in [0.25, 0.3) is 5.91 Å². The molecular formula is C29H31N7O. The van der Waals surface area contributed by atoms with Crippen molar-refractivity contribution in [3.63, 3.8) is 0 Å². The summed E-state index contributed by atoms with van der Waals surface area (Å²) in [5.41, 5.74) is 11.5. The molecule has 8 nitrogen and oxygen atoms in total. The standard InChI is InChI=1S/C29H31N7O/c1-35-15-4-16-36(18-17-35)20-21-8-10-22(11-9-21)29(37)34-26-7-2-6-24(27(26)30)28-32-14-12-25(33-28)23-5-3-13-31-19-23/h2-3,5-14,19H,4,15-18,20,30H2,1H3,(H,34,37). The van der Waals surface area contributed by atoms with Gasteiger partial charge in [0.2, 0.25) is 0 Å². The maximum atomic E-state index is 13.0. The number of pyridine rings is 1. The normalized spacial score (nSPS) is 14.7. The lowest BCUT2D eigenvalue weighted by molar-refractivity contribution is 0.102. The minimum atomic E-state index is -0.211. The second kappa shape index (κ2) is 11.3. The van der Waals surface area contributed by atoms with E-state index in [9.17, 15) is 4.79 Å². The highest BCUT2D eigenvalue weighted by Gasteiger charge is 2.15. The van der Waals surface area contributed by atoms with Gasteiger partial charge in [-0.25, -0.2) is 9.97 Å². The van der Waals surface area contributed by atoms with Crippen LogP contribution in [0.3, 0.4) is 0 Å². The predicted molar refractivity (Wildman–Crippen MR) is 147 cm³/mol. The van der Waals surface area contributed by atoms with Crippen LogP contribution in [-0.4, -0.2) is 63.9 Å². The fourth-order valence-electron chi connectivity index (χ4n) is 4.51. The Morgan fingerprint density at radius 1 is 0.973 bits per heavy atom. The number of benzene rings is 2. The molecule has 1 aliphatic heterocycles. The van der Waals surface area contributed by atoms with Crippen molar-refractivity contribution in [2.75, 3.05) is 44.3 Å². The number of rotatable bonds is 6. The number of nitrogens with one attached hydrogen (secondary N) is 1. The second-order valence-electron chi connectivity index (χ2n) is 9.36. The summed E-state index contributed by atoms with van der Waals surface area (Å²) >= 11 is 0. The molecule has 3 N–H and O–H groups in total. The summed E-state index contributed by atoms with van der Waals surface area (Å²) in [5, 5.41) is 2.95. The number of anilines is 2. The Morgan fingerprint density at radius 2 is 1.84 bits per heavy atom. The van der Waals surface area contributed by atoms with Crippen LogP contribution in [0.15, 0.2) is 79.3 Å². The van der Waals surface area contributed by atoms with E-state index in [2.05, 4.69) is 37.1 Å². The quantitative estimate of drug-likeness (QED) is 0.389. The molecule has 0 atom stereocenters. The van der Waals surface area contributed by atoms with Crippen molar-refractivity contribution in [2.45, 2.75) is 13.0 Å². The minimum Gasteiger partial charge on any atom is -0.396 e. The van der Waals surface area contributed by atoms with Gasteiger partial charge in [-0.3, -0.25) is 14.7 Å². The third-order valence-electron chi connectivity index (χ3n) is 6.64. The Labute approximate surface area is 217 Å². The number of carbonyl (C=O) groups excluding carboxylic acids is 1. The molecule has 37 heavy (non-hydrogen) atoms. The van der Waals surface area contributed by atoms with E-state index < -0.39 is 0 Å². The average molecular weight is 494 g/mol. The predicted octanol–water partition coefficient (Wildman–Crippen LogP) is 4.18. The highest BCUT2D eigenvalue weighted by atomic mass is 16.1. The first-order valence-electron chi connectivity index (χ1n) is 12.5. The highest BCUT2D eigenvalue weighted by Crippen LogP contribution is 2.31. The van der Waals surface area contributed by atoms with Gasteiger partial charge in [-0.2, -0.15) is 0 Å². The van der Waals surface area contributed by atoms with Crippen molar-refractivity contribution in [3.8, 4) is 22.6 Å². The molecular weight excluding hydrogens is 462 g/mol. The van der Waals surface area contributed by atoms with E-state index >= 15 is 0 Å². The number of hydrogen-bond donors (Lipinski definition) is 2. The monoisotopic (exact) mass is 493 g/mol. The minimum absolute atomic E-state index is 0.211. The number of para-hydroxylation sites is 1. The van der Waals surface area contributed by atoms with Crippen LogP contribution in [0.1, 0.15) is 22.3 Å². The molecule has 0 unspecified atom stereocenters. The van der Waals surface area contributed by atoms with Crippen molar-refractivity contribution in [2.24, 2.45) is 0 Å². The molecule has 0 aliphatic carbocycles. The van der Waals surface area contributed by atoms with Crippen LogP contribution >= 0.6 is 0 Å². The molecule has 188 valence electrons. The molecule has 0 bridgehead atoms. The smallest absolute Gasteiger partial charge is 0.255 e. The summed E-state index contributed by atoms with van der Waals surface area (Å²) < 4.78 is 0. The number of nitrogens with two attached hydrogens (primary N) is 1. The molecule has 0 saturated carbocycles. The summed E-state index contributed by atoms with van der Waals surface area (Å²) in [6.45, 7) is 5.27. The molecule has 1 fully saturated rings. The van der Waals surface area contributed by atoms with Crippen LogP contribution in [0.4, 0.5) is 11.4 Å². The summed E-state index contributed by atoms with van der Waals surface area (Å²) in [5.74, 6) is 0.274. The van der Waals surface area contributed by atoms with Crippen LogP contribution < -0.4 is 11.1 Å². The third kappa shape index (κ3) is 5.99. The maximum absolute atomic E-state index is 13.0. The van der Waals surface area contributed by atoms with Gasteiger partial charge in [-0.15, -0.1) is 0 Å². The SMILES string of the molecule is CN1CCCN(Cc2ccc(C(=O)Nc3cccc(-c4nccc(-c5cccnc5)n4)c3N)cc2)CC1. The first kappa shape index (κ1) is 24.5. The molecule has 0 radical (unpaired) electrons. The van der Waals surface area contributed by atoms with E-state index in [4.69, 9.17) is 5.73 Å². The number of carbonyl (C=O) groups is 1. The third-order valence-corrected chi connectivity index (χ3v) is 6.64. The largest absolute Gasteiger partial charge is 0.396 e. The van der Waals surface area contributed by atoms with Gasteiger partial charge in [0, 0.05) is 54.9 Å². The van der Waals surface area contributed by atoms with Crippen LogP contribution in [0.5, 0.6) is 0 Å². The van der Waals surface area contributed by atoms with E-state index in [-0.39, 0.29) is 5.91 Å². The molecule has 1 amide bonds. The van der Waals surface area contributed by atoms with Gasteiger partial charge >= 0.3 is 0 Å². The van der Waals surface area contributed by atoms with E-state index in [1.807, 2.05) is 54.6 Å². The molecule has 5 rings (SSSR count).